The Labute approximate surface area is 77.8 Å². The van der Waals surface area contributed by atoms with E-state index in [2.05, 4.69) is 0 Å². The van der Waals surface area contributed by atoms with Gasteiger partial charge in [-0.2, -0.15) is 0 Å². The molecule has 0 radical (unpaired) electrons. The summed E-state index contributed by atoms with van der Waals surface area (Å²) in [5.41, 5.74) is -0.0560. The molecular weight excluding hydrogens is 172 g/mol. The summed E-state index contributed by atoms with van der Waals surface area (Å²) in [5.74, 6) is -0.729. The van der Waals surface area contributed by atoms with Gasteiger partial charge in [0.15, 0.2) is 0 Å². The summed E-state index contributed by atoms with van der Waals surface area (Å²) in [6.07, 6.45) is 2.19. The molecule has 0 spiro atoms. The molecule has 0 heterocycles. The van der Waals surface area contributed by atoms with Crippen molar-refractivity contribution < 1.29 is 19.4 Å². The number of aliphatic carboxylic acids is 1. The summed E-state index contributed by atoms with van der Waals surface area (Å²) < 4.78 is 10.1. The third-order valence-electron chi connectivity index (χ3n) is 2.32. The van der Waals surface area contributed by atoms with Gasteiger partial charge < -0.3 is 14.6 Å². The molecule has 0 saturated heterocycles. The van der Waals surface area contributed by atoms with Crippen molar-refractivity contribution >= 4 is 5.97 Å². The van der Waals surface area contributed by atoms with Crippen molar-refractivity contribution in [2.24, 2.45) is 5.41 Å². The zero-order valence-corrected chi connectivity index (χ0v) is 7.91. The maximum absolute atomic E-state index is 10.5. The fourth-order valence-electron chi connectivity index (χ4n) is 1.30. The van der Waals surface area contributed by atoms with Gasteiger partial charge in [0.1, 0.15) is 0 Å². The van der Waals surface area contributed by atoms with Gasteiger partial charge in [0.05, 0.1) is 26.2 Å². The van der Waals surface area contributed by atoms with Crippen molar-refractivity contribution in [3.63, 3.8) is 0 Å². The first kappa shape index (κ1) is 10.5. The third kappa shape index (κ3) is 3.74. The van der Waals surface area contributed by atoms with Crippen LogP contribution in [0.1, 0.15) is 19.3 Å². The van der Waals surface area contributed by atoms with Crippen LogP contribution in [-0.4, -0.2) is 38.0 Å². The molecule has 0 atom stereocenters. The van der Waals surface area contributed by atoms with E-state index < -0.39 is 5.97 Å². The quantitative estimate of drug-likeness (QED) is 0.603. The van der Waals surface area contributed by atoms with E-state index in [-0.39, 0.29) is 11.8 Å². The van der Waals surface area contributed by atoms with Crippen LogP contribution in [0, 0.1) is 5.41 Å². The lowest BCUT2D eigenvalue weighted by molar-refractivity contribution is -0.139. The lowest BCUT2D eigenvalue weighted by Crippen LogP contribution is -2.16. The predicted molar refractivity (Wildman–Crippen MR) is 46.6 cm³/mol. The molecule has 1 fully saturated rings. The summed E-state index contributed by atoms with van der Waals surface area (Å²) >= 11 is 0. The van der Waals surface area contributed by atoms with Crippen LogP contribution in [0.15, 0.2) is 0 Å². The molecule has 1 saturated carbocycles. The summed E-state index contributed by atoms with van der Waals surface area (Å²) in [5, 5.41) is 8.61. The topological polar surface area (TPSA) is 55.8 Å². The summed E-state index contributed by atoms with van der Waals surface area (Å²) in [4.78, 5) is 10.5. The van der Waals surface area contributed by atoms with E-state index in [1.54, 1.807) is 7.11 Å². The minimum Gasteiger partial charge on any atom is -0.481 e. The van der Waals surface area contributed by atoms with Crippen LogP contribution in [0.25, 0.3) is 0 Å². The first-order valence-corrected chi connectivity index (χ1v) is 4.47. The van der Waals surface area contributed by atoms with E-state index in [0.29, 0.717) is 19.8 Å². The molecule has 1 N–H and O–H groups in total. The molecule has 0 aromatic carbocycles. The van der Waals surface area contributed by atoms with Crippen LogP contribution in [-0.2, 0) is 14.3 Å². The molecule has 0 aromatic heterocycles. The Morgan fingerprint density at radius 1 is 1.46 bits per heavy atom. The Morgan fingerprint density at radius 2 is 2.15 bits per heavy atom. The fraction of sp³-hybridized carbons (Fsp3) is 0.889. The standard InChI is InChI=1S/C9H16O4/c1-12-4-5-13-7-9(2-3-9)6-8(10)11/h2-7H2,1H3,(H,10,11). The largest absolute Gasteiger partial charge is 0.481 e. The number of hydrogen-bond donors (Lipinski definition) is 1. The molecule has 1 aliphatic rings. The lowest BCUT2D eigenvalue weighted by Gasteiger charge is -2.12. The molecule has 0 bridgehead atoms. The molecule has 0 aromatic rings. The smallest absolute Gasteiger partial charge is 0.303 e. The van der Waals surface area contributed by atoms with Gasteiger partial charge in [0, 0.05) is 12.5 Å². The van der Waals surface area contributed by atoms with Gasteiger partial charge in [-0.15, -0.1) is 0 Å². The summed E-state index contributed by atoms with van der Waals surface area (Å²) in [6, 6.07) is 0. The maximum atomic E-state index is 10.5. The lowest BCUT2D eigenvalue weighted by atomic mass is 10.0. The molecule has 1 rings (SSSR count). The second-order valence-corrected chi connectivity index (χ2v) is 3.62. The van der Waals surface area contributed by atoms with E-state index >= 15 is 0 Å². The van der Waals surface area contributed by atoms with Crippen molar-refractivity contribution in [2.45, 2.75) is 19.3 Å². The number of rotatable bonds is 7. The Balaban J connectivity index is 2.09. The van der Waals surface area contributed by atoms with Gasteiger partial charge in [0.2, 0.25) is 0 Å². The molecule has 4 nitrogen and oxygen atoms in total. The van der Waals surface area contributed by atoms with Crippen molar-refractivity contribution in [1.29, 1.82) is 0 Å². The third-order valence-corrected chi connectivity index (χ3v) is 2.32. The van der Waals surface area contributed by atoms with E-state index in [1.807, 2.05) is 0 Å². The molecule has 0 amide bonds. The highest BCUT2D eigenvalue weighted by Gasteiger charge is 2.44. The summed E-state index contributed by atoms with van der Waals surface area (Å²) in [6.45, 7) is 1.68. The number of carbonyl (C=O) groups is 1. The molecule has 13 heavy (non-hydrogen) atoms. The van der Waals surface area contributed by atoms with Crippen LogP contribution in [0.3, 0.4) is 0 Å². The van der Waals surface area contributed by atoms with Gasteiger partial charge in [-0.1, -0.05) is 0 Å². The van der Waals surface area contributed by atoms with E-state index in [4.69, 9.17) is 14.6 Å². The first-order chi connectivity index (χ1) is 6.18. The van der Waals surface area contributed by atoms with Crippen LogP contribution in [0.4, 0.5) is 0 Å². The minimum atomic E-state index is -0.729. The normalized spacial score (nSPS) is 18.5. The number of carboxylic acid groups (broad SMARTS) is 1. The van der Waals surface area contributed by atoms with E-state index in [0.717, 1.165) is 12.8 Å². The Bertz CT molecular complexity index is 174. The first-order valence-electron chi connectivity index (χ1n) is 4.47. The zero-order chi connectivity index (χ0) is 9.73. The molecule has 0 unspecified atom stereocenters. The average molecular weight is 188 g/mol. The fourth-order valence-corrected chi connectivity index (χ4v) is 1.30. The SMILES string of the molecule is COCCOCC1(CC(=O)O)CC1. The van der Waals surface area contributed by atoms with Gasteiger partial charge >= 0.3 is 5.97 Å². The van der Waals surface area contributed by atoms with Gasteiger partial charge in [-0.3, -0.25) is 4.79 Å². The van der Waals surface area contributed by atoms with Crippen molar-refractivity contribution in [3.05, 3.63) is 0 Å². The predicted octanol–water partition coefficient (Wildman–Crippen LogP) is 0.904. The van der Waals surface area contributed by atoms with E-state index in [9.17, 15) is 4.79 Å². The molecule has 76 valence electrons. The van der Waals surface area contributed by atoms with Crippen LogP contribution in [0.5, 0.6) is 0 Å². The number of hydrogen-bond acceptors (Lipinski definition) is 3. The number of carboxylic acids is 1. The average Bonchev–Trinajstić information content (AvgIpc) is 2.78. The second-order valence-electron chi connectivity index (χ2n) is 3.62. The minimum absolute atomic E-state index is 0.0560. The molecule has 0 aliphatic heterocycles. The Morgan fingerprint density at radius 3 is 2.62 bits per heavy atom. The number of methoxy groups -OCH3 is 1. The van der Waals surface area contributed by atoms with Crippen molar-refractivity contribution in [2.75, 3.05) is 26.9 Å². The van der Waals surface area contributed by atoms with E-state index in [1.165, 1.54) is 0 Å². The van der Waals surface area contributed by atoms with Crippen molar-refractivity contribution in [1.82, 2.24) is 0 Å². The Kier molecular flexibility index (Phi) is 3.69. The van der Waals surface area contributed by atoms with Gasteiger partial charge in [-0.05, 0) is 12.8 Å². The van der Waals surface area contributed by atoms with Crippen LogP contribution < -0.4 is 0 Å². The highest BCUT2D eigenvalue weighted by Crippen LogP contribution is 2.48. The molecular formula is C9H16O4. The van der Waals surface area contributed by atoms with Crippen LogP contribution in [0.2, 0.25) is 0 Å². The highest BCUT2D eigenvalue weighted by molar-refractivity contribution is 5.68. The number of ether oxygens (including phenoxy) is 2. The highest BCUT2D eigenvalue weighted by atomic mass is 16.5. The van der Waals surface area contributed by atoms with Crippen molar-refractivity contribution in [3.8, 4) is 0 Å². The maximum Gasteiger partial charge on any atom is 0.303 e. The molecule has 1 aliphatic carbocycles. The monoisotopic (exact) mass is 188 g/mol. The Hall–Kier alpha value is -0.610. The molecule has 4 heteroatoms. The van der Waals surface area contributed by atoms with Gasteiger partial charge in [-0.25, -0.2) is 0 Å². The zero-order valence-electron chi connectivity index (χ0n) is 7.91. The second kappa shape index (κ2) is 4.58. The van der Waals surface area contributed by atoms with Gasteiger partial charge in [0.25, 0.3) is 0 Å². The summed E-state index contributed by atoms with van der Waals surface area (Å²) in [7, 11) is 1.62. The van der Waals surface area contributed by atoms with Crippen LogP contribution >= 0.6 is 0 Å².